The maximum Gasteiger partial charge on any atom is 0.282 e. The molecule has 0 spiro atoms. The molecule has 0 saturated heterocycles. The van der Waals surface area contributed by atoms with Crippen LogP contribution in [-0.2, 0) is 10.0 Å². The molecule has 0 bridgehead atoms. The molecule has 2 aromatic carbocycles. The van der Waals surface area contributed by atoms with E-state index < -0.39 is 10.0 Å². The molecule has 0 fully saturated rings. The first-order chi connectivity index (χ1) is 10.6. The zero-order valence-electron chi connectivity index (χ0n) is 12.8. The van der Waals surface area contributed by atoms with Gasteiger partial charge in [-0.15, -0.1) is 0 Å². The Hall–Kier alpha value is -2.14. The lowest BCUT2D eigenvalue weighted by Gasteiger charge is -2.20. The molecule has 4 nitrogen and oxygen atoms in total. The van der Waals surface area contributed by atoms with Gasteiger partial charge in [-0.05, 0) is 43.7 Å². The van der Waals surface area contributed by atoms with Gasteiger partial charge < -0.3 is 4.90 Å². The van der Waals surface area contributed by atoms with Crippen LogP contribution in [0.25, 0.3) is 0 Å². The molecule has 0 radical (unpaired) electrons. The van der Waals surface area contributed by atoms with Crippen LogP contribution < -0.4 is 4.90 Å². The second kappa shape index (κ2) is 7.22. The highest BCUT2D eigenvalue weighted by Crippen LogP contribution is 2.15. The highest BCUT2D eigenvalue weighted by molar-refractivity contribution is 7.90. The Morgan fingerprint density at radius 3 is 2.09 bits per heavy atom. The smallest absolute Gasteiger partial charge is 0.282 e. The summed E-state index contributed by atoms with van der Waals surface area (Å²) >= 11 is 0. The normalized spacial score (nSPS) is 11.7. The van der Waals surface area contributed by atoms with Gasteiger partial charge in [-0.2, -0.15) is 12.8 Å². The minimum atomic E-state index is -3.64. The standard InChI is InChI=1S/C17H20N2O2S/c1-3-19(4-2)16-12-10-15(11-13-16)14-18-22(20,21)17-8-6-5-7-9-17/h5-14H,3-4H2,1-2H3/b18-14+. The number of hydrogen-bond acceptors (Lipinski definition) is 3. The van der Waals surface area contributed by atoms with Crippen molar-refractivity contribution in [2.45, 2.75) is 18.7 Å². The molecule has 0 unspecified atom stereocenters. The SMILES string of the molecule is CCN(CC)c1ccc(/C=N/S(=O)(=O)c2ccccc2)cc1. The lowest BCUT2D eigenvalue weighted by Crippen LogP contribution is -2.21. The van der Waals surface area contributed by atoms with Crippen molar-refractivity contribution in [1.82, 2.24) is 0 Å². The molecule has 0 saturated carbocycles. The van der Waals surface area contributed by atoms with Crippen molar-refractivity contribution in [3.05, 3.63) is 60.2 Å². The average Bonchev–Trinajstić information content (AvgIpc) is 2.56. The summed E-state index contributed by atoms with van der Waals surface area (Å²) in [6.45, 7) is 6.08. The number of rotatable bonds is 6. The van der Waals surface area contributed by atoms with Crippen molar-refractivity contribution in [2.24, 2.45) is 4.40 Å². The van der Waals surface area contributed by atoms with Gasteiger partial charge in [-0.3, -0.25) is 0 Å². The van der Waals surface area contributed by atoms with Crippen molar-refractivity contribution in [1.29, 1.82) is 0 Å². The van der Waals surface area contributed by atoms with Gasteiger partial charge in [0.15, 0.2) is 0 Å². The third-order valence-electron chi connectivity index (χ3n) is 3.40. The van der Waals surface area contributed by atoms with Crippen molar-refractivity contribution >= 4 is 21.9 Å². The largest absolute Gasteiger partial charge is 0.372 e. The zero-order valence-corrected chi connectivity index (χ0v) is 13.6. The molecule has 0 aliphatic carbocycles. The van der Waals surface area contributed by atoms with E-state index in [9.17, 15) is 8.42 Å². The van der Waals surface area contributed by atoms with E-state index >= 15 is 0 Å². The van der Waals surface area contributed by atoms with E-state index in [2.05, 4.69) is 23.1 Å². The van der Waals surface area contributed by atoms with Crippen LogP contribution in [0.4, 0.5) is 5.69 Å². The van der Waals surface area contributed by atoms with Crippen LogP contribution in [0.5, 0.6) is 0 Å². The van der Waals surface area contributed by atoms with Crippen molar-refractivity contribution in [3.63, 3.8) is 0 Å². The maximum atomic E-state index is 12.1. The second-order valence-electron chi connectivity index (χ2n) is 4.79. The van der Waals surface area contributed by atoms with E-state index in [0.717, 1.165) is 24.3 Å². The highest BCUT2D eigenvalue weighted by Gasteiger charge is 2.10. The summed E-state index contributed by atoms with van der Waals surface area (Å²) in [7, 11) is -3.64. The fourth-order valence-electron chi connectivity index (χ4n) is 2.14. The van der Waals surface area contributed by atoms with Crippen molar-refractivity contribution in [3.8, 4) is 0 Å². The van der Waals surface area contributed by atoms with Crippen LogP contribution >= 0.6 is 0 Å². The van der Waals surface area contributed by atoms with E-state index in [4.69, 9.17) is 0 Å². The quantitative estimate of drug-likeness (QED) is 0.768. The molecule has 0 atom stereocenters. The van der Waals surface area contributed by atoms with E-state index in [1.165, 1.54) is 18.3 Å². The lowest BCUT2D eigenvalue weighted by molar-refractivity contribution is 0.598. The number of sulfonamides is 1. The van der Waals surface area contributed by atoms with Crippen molar-refractivity contribution in [2.75, 3.05) is 18.0 Å². The monoisotopic (exact) mass is 316 g/mol. The van der Waals surface area contributed by atoms with Crippen LogP contribution in [0.3, 0.4) is 0 Å². The van der Waals surface area contributed by atoms with Gasteiger partial charge in [0.25, 0.3) is 10.0 Å². The van der Waals surface area contributed by atoms with E-state index in [0.29, 0.717) is 0 Å². The number of nitrogens with zero attached hydrogens (tertiary/aromatic N) is 2. The van der Waals surface area contributed by atoms with E-state index in [1.807, 2.05) is 24.3 Å². The third kappa shape index (κ3) is 3.95. The lowest BCUT2D eigenvalue weighted by atomic mass is 10.2. The molecule has 2 rings (SSSR count). The van der Waals surface area contributed by atoms with E-state index in [-0.39, 0.29) is 4.90 Å². The van der Waals surface area contributed by atoms with E-state index in [1.54, 1.807) is 18.2 Å². The van der Waals surface area contributed by atoms with Crippen molar-refractivity contribution < 1.29 is 8.42 Å². The Labute approximate surface area is 132 Å². The molecule has 0 aromatic heterocycles. The molecular weight excluding hydrogens is 296 g/mol. The second-order valence-corrected chi connectivity index (χ2v) is 6.42. The molecular formula is C17H20N2O2S. The summed E-state index contributed by atoms with van der Waals surface area (Å²) in [5.41, 5.74) is 1.88. The zero-order chi connectivity index (χ0) is 16.0. The Morgan fingerprint density at radius 1 is 0.955 bits per heavy atom. The Balaban J connectivity index is 2.17. The molecule has 0 amide bonds. The predicted octanol–water partition coefficient (Wildman–Crippen LogP) is 3.34. The summed E-state index contributed by atoms with van der Waals surface area (Å²) in [5.74, 6) is 0. The van der Waals surface area contributed by atoms with Gasteiger partial charge in [-0.25, -0.2) is 0 Å². The first kappa shape index (κ1) is 16.2. The van der Waals surface area contributed by atoms with Crippen LogP contribution in [0, 0.1) is 0 Å². The Morgan fingerprint density at radius 2 is 1.55 bits per heavy atom. The maximum absolute atomic E-state index is 12.1. The summed E-state index contributed by atoms with van der Waals surface area (Å²) in [4.78, 5) is 2.42. The summed E-state index contributed by atoms with van der Waals surface area (Å²) in [6.07, 6.45) is 1.38. The van der Waals surface area contributed by atoms with Crippen LogP contribution in [0.1, 0.15) is 19.4 Å². The first-order valence-corrected chi connectivity index (χ1v) is 8.71. The minimum absolute atomic E-state index is 0.200. The minimum Gasteiger partial charge on any atom is -0.372 e. The first-order valence-electron chi connectivity index (χ1n) is 7.27. The number of hydrogen-bond donors (Lipinski definition) is 0. The third-order valence-corrected chi connectivity index (χ3v) is 4.65. The summed E-state index contributed by atoms with van der Waals surface area (Å²) < 4.78 is 27.9. The van der Waals surface area contributed by atoms with Gasteiger partial charge >= 0.3 is 0 Å². The molecule has 0 aliphatic heterocycles. The summed E-state index contributed by atoms with van der Waals surface area (Å²) in [5, 5.41) is 0. The van der Waals surface area contributed by atoms with Gasteiger partial charge in [0.2, 0.25) is 0 Å². The molecule has 2 aromatic rings. The molecule has 22 heavy (non-hydrogen) atoms. The molecule has 116 valence electrons. The Bertz CT molecular complexity index is 719. The molecule has 0 N–H and O–H groups in total. The van der Waals surface area contributed by atoms with Gasteiger partial charge in [-0.1, -0.05) is 30.3 Å². The van der Waals surface area contributed by atoms with Crippen LogP contribution in [0.15, 0.2) is 63.9 Å². The Kier molecular flexibility index (Phi) is 5.33. The fraction of sp³-hybridized carbons (Fsp3) is 0.235. The van der Waals surface area contributed by atoms with Gasteiger partial charge in [0.05, 0.1) is 4.90 Å². The molecule has 0 aliphatic rings. The number of benzene rings is 2. The van der Waals surface area contributed by atoms with Crippen LogP contribution in [-0.4, -0.2) is 27.7 Å². The molecule has 5 heteroatoms. The summed E-state index contributed by atoms with van der Waals surface area (Å²) in [6, 6.07) is 15.9. The fourth-order valence-corrected chi connectivity index (χ4v) is 3.03. The number of anilines is 1. The van der Waals surface area contributed by atoms with Gasteiger partial charge in [0.1, 0.15) is 0 Å². The average molecular weight is 316 g/mol. The van der Waals surface area contributed by atoms with Crippen LogP contribution in [0.2, 0.25) is 0 Å². The van der Waals surface area contributed by atoms with Gasteiger partial charge in [0, 0.05) is 25.0 Å². The topological polar surface area (TPSA) is 49.7 Å². The molecule has 0 heterocycles. The predicted molar refractivity (Wildman–Crippen MR) is 91.2 cm³/mol. The highest BCUT2D eigenvalue weighted by atomic mass is 32.2.